The van der Waals surface area contributed by atoms with Crippen molar-refractivity contribution in [3.63, 3.8) is 0 Å². The Morgan fingerprint density at radius 1 is 0.818 bits per heavy atom. The molecule has 0 radical (unpaired) electrons. The summed E-state index contributed by atoms with van der Waals surface area (Å²) in [5, 5.41) is 2.92. The molecule has 0 aromatic heterocycles. The van der Waals surface area contributed by atoms with Gasteiger partial charge in [-0.3, -0.25) is 9.69 Å². The molecule has 1 saturated heterocycles. The average Bonchev–Trinajstić information content (AvgIpc) is 3.14. The molecule has 0 unspecified atom stereocenters. The van der Waals surface area contributed by atoms with Gasteiger partial charge in [-0.15, -0.1) is 0 Å². The van der Waals surface area contributed by atoms with Crippen molar-refractivity contribution >= 4 is 45.4 Å². The van der Waals surface area contributed by atoms with Gasteiger partial charge in [-0.05, 0) is 52.4 Å². The van der Waals surface area contributed by atoms with E-state index in [0.717, 1.165) is 34.0 Å². The maximum atomic E-state index is 13.5. The van der Waals surface area contributed by atoms with E-state index in [-0.39, 0.29) is 5.91 Å². The number of amides is 1. The van der Waals surface area contributed by atoms with Crippen LogP contribution in [0.25, 0.3) is 16.8 Å². The maximum Gasteiger partial charge on any atom is 0.267 e. The third kappa shape index (κ3) is 4.62. The lowest BCUT2D eigenvalue weighted by atomic mass is 10.1. The third-order valence-corrected chi connectivity index (χ3v) is 6.75. The number of aliphatic imine (C=N–C) groups is 1. The number of aryl methyl sites for hydroxylation is 1. The van der Waals surface area contributed by atoms with Crippen LogP contribution in [0.2, 0.25) is 0 Å². The standard InChI is InChI=1S/C29H24N2OS/c1-2-21-15-17-22(18-16-21)19-27-28(32)31(20-23-9-4-3-5-10-23)29(33-27)30-26-14-8-12-24-11-6-7-13-25(24)26/h3-19H,2,20H2,1H3/b27-19-,30-29?. The van der Waals surface area contributed by atoms with Crippen molar-refractivity contribution in [2.24, 2.45) is 4.99 Å². The number of carbonyl (C=O) groups excluding carboxylic acids is 1. The van der Waals surface area contributed by atoms with Crippen LogP contribution >= 0.6 is 11.8 Å². The monoisotopic (exact) mass is 448 g/mol. The second kappa shape index (κ2) is 9.47. The predicted octanol–water partition coefficient (Wildman–Crippen LogP) is 7.21. The van der Waals surface area contributed by atoms with Crippen molar-refractivity contribution in [3.8, 4) is 0 Å². The number of benzene rings is 4. The Bertz CT molecular complexity index is 1350. The van der Waals surface area contributed by atoms with E-state index in [1.807, 2.05) is 60.7 Å². The van der Waals surface area contributed by atoms with Crippen LogP contribution in [0.4, 0.5) is 5.69 Å². The fraction of sp³-hybridized carbons (Fsp3) is 0.103. The molecule has 0 saturated carbocycles. The van der Waals surface area contributed by atoms with Gasteiger partial charge in [0.15, 0.2) is 5.17 Å². The molecule has 1 fully saturated rings. The fourth-order valence-corrected chi connectivity index (χ4v) is 4.90. The van der Waals surface area contributed by atoms with E-state index in [9.17, 15) is 4.79 Å². The summed E-state index contributed by atoms with van der Waals surface area (Å²) in [5.41, 5.74) is 4.25. The summed E-state index contributed by atoms with van der Waals surface area (Å²) in [6.45, 7) is 2.63. The molecule has 4 heteroatoms. The molecule has 3 nitrogen and oxygen atoms in total. The van der Waals surface area contributed by atoms with Crippen LogP contribution in [0, 0.1) is 0 Å². The Balaban J connectivity index is 1.55. The molecule has 0 spiro atoms. The van der Waals surface area contributed by atoms with Crippen molar-refractivity contribution in [1.29, 1.82) is 0 Å². The number of thioether (sulfide) groups is 1. The van der Waals surface area contributed by atoms with Crippen molar-refractivity contribution in [3.05, 3.63) is 119 Å². The first kappa shape index (κ1) is 21.2. The minimum Gasteiger partial charge on any atom is -0.282 e. The molecule has 4 aromatic rings. The minimum atomic E-state index is -0.0117. The van der Waals surface area contributed by atoms with Crippen LogP contribution in [0.3, 0.4) is 0 Å². The molecule has 1 aliphatic heterocycles. The number of amidine groups is 1. The average molecular weight is 449 g/mol. The molecule has 4 aromatic carbocycles. The van der Waals surface area contributed by atoms with Gasteiger partial charge in [-0.25, -0.2) is 4.99 Å². The SMILES string of the molecule is CCc1ccc(/C=C2\SC(=Nc3cccc4ccccc34)N(Cc3ccccc3)C2=O)cc1. The zero-order chi connectivity index (χ0) is 22.6. The topological polar surface area (TPSA) is 32.7 Å². The zero-order valence-corrected chi connectivity index (χ0v) is 19.3. The van der Waals surface area contributed by atoms with Crippen LogP contribution in [-0.4, -0.2) is 16.0 Å². The molecular weight excluding hydrogens is 424 g/mol. The number of fused-ring (bicyclic) bond motifs is 1. The third-order valence-electron chi connectivity index (χ3n) is 5.74. The highest BCUT2D eigenvalue weighted by Crippen LogP contribution is 2.36. The van der Waals surface area contributed by atoms with Gasteiger partial charge >= 0.3 is 0 Å². The second-order valence-corrected chi connectivity index (χ2v) is 8.98. The second-order valence-electron chi connectivity index (χ2n) is 7.98. The van der Waals surface area contributed by atoms with E-state index < -0.39 is 0 Å². The smallest absolute Gasteiger partial charge is 0.267 e. The quantitative estimate of drug-likeness (QED) is 0.302. The molecule has 33 heavy (non-hydrogen) atoms. The first-order chi connectivity index (χ1) is 16.2. The fourth-order valence-electron chi connectivity index (χ4n) is 3.91. The molecular formula is C29H24N2OS. The summed E-state index contributed by atoms with van der Waals surface area (Å²) in [4.78, 5) is 20.9. The van der Waals surface area contributed by atoms with Gasteiger partial charge in [0.2, 0.25) is 0 Å². The van der Waals surface area contributed by atoms with E-state index in [4.69, 9.17) is 4.99 Å². The van der Waals surface area contributed by atoms with Crippen molar-refractivity contribution < 1.29 is 4.79 Å². The van der Waals surface area contributed by atoms with Gasteiger partial charge in [0.1, 0.15) is 0 Å². The molecule has 0 N–H and O–H groups in total. The first-order valence-electron chi connectivity index (χ1n) is 11.1. The molecule has 5 rings (SSSR count). The van der Waals surface area contributed by atoms with Crippen LogP contribution in [0.5, 0.6) is 0 Å². The highest BCUT2D eigenvalue weighted by atomic mass is 32.2. The molecule has 1 amide bonds. The summed E-state index contributed by atoms with van der Waals surface area (Å²) < 4.78 is 0. The number of hydrogen-bond donors (Lipinski definition) is 0. The lowest BCUT2D eigenvalue weighted by molar-refractivity contribution is -0.122. The largest absolute Gasteiger partial charge is 0.282 e. The summed E-state index contributed by atoms with van der Waals surface area (Å²) >= 11 is 1.44. The summed E-state index contributed by atoms with van der Waals surface area (Å²) in [7, 11) is 0. The van der Waals surface area contributed by atoms with Crippen LogP contribution < -0.4 is 0 Å². The number of carbonyl (C=O) groups is 1. The lowest BCUT2D eigenvalue weighted by Gasteiger charge is -2.16. The van der Waals surface area contributed by atoms with Gasteiger partial charge in [0.25, 0.3) is 5.91 Å². The highest BCUT2D eigenvalue weighted by Gasteiger charge is 2.33. The van der Waals surface area contributed by atoms with Gasteiger partial charge in [0.05, 0.1) is 17.1 Å². The predicted molar refractivity (Wildman–Crippen MR) is 139 cm³/mol. The Morgan fingerprint density at radius 2 is 1.55 bits per heavy atom. The van der Waals surface area contributed by atoms with E-state index in [1.54, 1.807) is 4.90 Å². The zero-order valence-electron chi connectivity index (χ0n) is 18.4. The number of nitrogens with zero attached hydrogens (tertiary/aromatic N) is 2. The summed E-state index contributed by atoms with van der Waals surface area (Å²) in [5.74, 6) is -0.0117. The Hall–Kier alpha value is -3.63. The van der Waals surface area contributed by atoms with E-state index in [0.29, 0.717) is 16.6 Å². The van der Waals surface area contributed by atoms with Gasteiger partial charge in [-0.2, -0.15) is 0 Å². The van der Waals surface area contributed by atoms with E-state index >= 15 is 0 Å². The van der Waals surface area contributed by atoms with Gasteiger partial charge < -0.3 is 0 Å². The molecule has 0 aliphatic carbocycles. The van der Waals surface area contributed by atoms with Gasteiger partial charge in [-0.1, -0.05) is 97.9 Å². The Morgan fingerprint density at radius 3 is 2.33 bits per heavy atom. The van der Waals surface area contributed by atoms with Gasteiger partial charge in [0, 0.05) is 5.39 Å². The van der Waals surface area contributed by atoms with Crippen LogP contribution in [0.15, 0.2) is 107 Å². The summed E-state index contributed by atoms with van der Waals surface area (Å²) in [6, 6.07) is 32.7. The number of hydrogen-bond acceptors (Lipinski definition) is 3. The lowest BCUT2D eigenvalue weighted by Crippen LogP contribution is -2.28. The van der Waals surface area contributed by atoms with E-state index in [1.165, 1.54) is 17.3 Å². The van der Waals surface area contributed by atoms with Crippen LogP contribution in [0.1, 0.15) is 23.6 Å². The molecule has 0 atom stereocenters. The molecule has 1 aliphatic rings. The Labute approximate surface area is 198 Å². The Kier molecular flexibility index (Phi) is 6.09. The normalized spacial score (nSPS) is 16.3. The minimum absolute atomic E-state index is 0.0117. The highest BCUT2D eigenvalue weighted by molar-refractivity contribution is 8.18. The van der Waals surface area contributed by atoms with Crippen LogP contribution in [-0.2, 0) is 17.8 Å². The van der Waals surface area contributed by atoms with E-state index in [2.05, 4.69) is 49.4 Å². The molecule has 1 heterocycles. The summed E-state index contributed by atoms with van der Waals surface area (Å²) in [6.07, 6.45) is 2.97. The number of rotatable bonds is 5. The maximum absolute atomic E-state index is 13.5. The van der Waals surface area contributed by atoms with Crippen molar-refractivity contribution in [1.82, 2.24) is 4.90 Å². The first-order valence-corrected chi connectivity index (χ1v) is 11.9. The van der Waals surface area contributed by atoms with Crippen molar-refractivity contribution in [2.45, 2.75) is 19.9 Å². The molecule has 162 valence electrons. The van der Waals surface area contributed by atoms with Crippen molar-refractivity contribution in [2.75, 3.05) is 0 Å². The molecule has 0 bridgehead atoms.